The Morgan fingerprint density at radius 3 is 2.04 bits per heavy atom. The molecule has 0 saturated heterocycles. The number of esters is 1. The maximum Gasteiger partial charge on any atom is 0.575 e. The van der Waals surface area contributed by atoms with Gasteiger partial charge in [-0.05, 0) is 25.0 Å². The molecule has 25 heavy (non-hydrogen) atoms. The zero-order chi connectivity index (χ0) is 19.4. The van der Waals surface area contributed by atoms with Gasteiger partial charge in [0, 0.05) is 5.69 Å². The van der Waals surface area contributed by atoms with E-state index in [9.17, 15) is 27.6 Å². The molecule has 0 spiro atoms. The molecule has 1 aromatic rings. The molecule has 0 aliphatic carbocycles. The van der Waals surface area contributed by atoms with Gasteiger partial charge in [-0.3, -0.25) is 14.5 Å². The molecule has 6 nitrogen and oxygen atoms in total. The molecule has 0 aromatic heterocycles. The largest absolute Gasteiger partial charge is 0.575 e. The molecule has 0 bridgehead atoms. The molecule has 2 atom stereocenters. The number of Topliss-reactive ketones (excluding diaryl/α,β-unsaturated/α-hetero) is 1. The summed E-state index contributed by atoms with van der Waals surface area (Å²) in [5.41, 5.74) is 5.85. The van der Waals surface area contributed by atoms with Gasteiger partial charge in [-0.1, -0.05) is 32.0 Å². The number of para-hydroxylation sites is 1. The molecule has 138 valence electrons. The standard InChI is InChI=1S/C16H19F3N2O4/c1-9(2)12(20)14(23)21(11-7-5-4-6-8-11)13(10(3)22)15(24)25-16(17,18)19/h4-9,12-13H,20H2,1-3H3/t12-,13-/m0/s1. The molecule has 0 aliphatic rings. The third-order valence-electron chi connectivity index (χ3n) is 3.36. The van der Waals surface area contributed by atoms with Crippen LogP contribution in [0.25, 0.3) is 0 Å². The quantitative estimate of drug-likeness (QED) is 0.619. The molecule has 0 fully saturated rings. The smallest absolute Gasteiger partial charge is 0.371 e. The van der Waals surface area contributed by atoms with Crippen molar-refractivity contribution >= 4 is 23.3 Å². The normalized spacial score (nSPS) is 13.9. The van der Waals surface area contributed by atoms with Crippen LogP contribution in [0.15, 0.2) is 30.3 Å². The van der Waals surface area contributed by atoms with E-state index in [1.807, 2.05) is 0 Å². The Morgan fingerprint density at radius 1 is 1.12 bits per heavy atom. The summed E-state index contributed by atoms with van der Waals surface area (Å²) < 4.78 is 40.6. The predicted molar refractivity (Wildman–Crippen MR) is 83.4 cm³/mol. The van der Waals surface area contributed by atoms with E-state index in [2.05, 4.69) is 4.74 Å². The van der Waals surface area contributed by atoms with Gasteiger partial charge in [-0.25, -0.2) is 4.79 Å². The first-order valence-corrected chi connectivity index (χ1v) is 7.39. The van der Waals surface area contributed by atoms with Crippen LogP contribution < -0.4 is 10.6 Å². The Labute approximate surface area is 142 Å². The van der Waals surface area contributed by atoms with E-state index in [0.717, 1.165) is 6.92 Å². The summed E-state index contributed by atoms with van der Waals surface area (Å²) in [6.07, 6.45) is -5.28. The summed E-state index contributed by atoms with van der Waals surface area (Å²) in [7, 11) is 0. The van der Waals surface area contributed by atoms with Gasteiger partial charge < -0.3 is 10.5 Å². The van der Waals surface area contributed by atoms with Crippen LogP contribution in [0, 0.1) is 5.92 Å². The summed E-state index contributed by atoms with van der Waals surface area (Å²) in [5.74, 6) is -4.11. The number of nitrogens with zero attached hydrogens (tertiary/aromatic N) is 1. The van der Waals surface area contributed by atoms with Crippen LogP contribution in [0.4, 0.5) is 18.9 Å². The number of ether oxygens (including phenoxy) is 1. The van der Waals surface area contributed by atoms with Crippen LogP contribution >= 0.6 is 0 Å². The highest BCUT2D eigenvalue weighted by molar-refractivity contribution is 6.13. The number of carbonyl (C=O) groups excluding carboxylic acids is 3. The minimum absolute atomic E-state index is 0.0583. The lowest BCUT2D eigenvalue weighted by Gasteiger charge is -2.31. The summed E-state index contributed by atoms with van der Waals surface area (Å²) in [4.78, 5) is 37.1. The van der Waals surface area contributed by atoms with Gasteiger partial charge >= 0.3 is 12.3 Å². The first kappa shape index (κ1) is 20.6. The number of benzene rings is 1. The molecule has 0 aliphatic heterocycles. The molecule has 1 aromatic carbocycles. The fourth-order valence-electron chi connectivity index (χ4n) is 2.06. The summed E-state index contributed by atoms with van der Waals surface area (Å²) in [5, 5.41) is 0. The number of amides is 1. The number of rotatable bonds is 6. The number of hydrogen-bond donors (Lipinski definition) is 1. The molecule has 1 rings (SSSR count). The number of alkyl halides is 3. The highest BCUT2D eigenvalue weighted by Crippen LogP contribution is 2.24. The zero-order valence-electron chi connectivity index (χ0n) is 13.9. The molecular formula is C16H19F3N2O4. The van der Waals surface area contributed by atoms with E-state index in [-0.39, 0.29) is 11.6 Å². The number of anilines is 1. The molecule has 0 heterocycles. The maximum absolute atomic E-state index is 12.7. The predicted octanol–water partition coefficient (Wildman–Crippen LogP) is 2.02. The number of carbonyl (C=O) groups is 3. The average molecular weight is 360 g/mol. The van der Waals surface area contributed by atoms with Crippen molar-refractivity contribution in [2.75, 3.05) is 4.90 Å². The zero-order valence-corrected chi connectivity index (χ0v) is 13.9. The van der Waals surface area contributed by atoms with Crippen molar-refractivity contribution in [3.63, 3.8) is 0 Å². The van der Waals surface area contributed by atoms with Gasteiger partial charge in [-0.15, -0.1) is 13.2 Å². The molecular weight excluding hydrogens is 341 g/mol. The van der Waals surface area contributed by atoms with Gasteiger partial charge in [0.15, 0.2) is 11.8 Å². The first-order chi connectivity index (χ1) is 11.5. The van der Waals surface area contributed by atoms with Crippen molar-refractivity contribution < 1.29 is 32.3 Å². The minimum atomic E-state index is -5.28. The Kier molecular flexibility index (Phi) is 6.69. The third kappa shape index (κ3) is 5.56. The van der Waals surface area contributed by atoms with E-state index < -0.39 is 36.1 Å². The van der Waals surface area contributed by atoms with Crippen molar-refractivity contribution in [2.24, 2.45) is 11.7 Å². The number of nitrogens with two attached hydrogens (primary N) is 1. The summed E-state index contributed by atoms with van der Waals surface area (Å²) in [6, 6.07) is 4.14. The molecule has 1 amide bonds. The van der Waals surface area contributed by atoms with Gasteiger partial charge in [0.05, 0.1) is 6.04 Å². The van der Waals surface area contributed by atoms with E-state index in [0.29, 0.717) is 4.90 Å². The van der Waals surface area contributed by atoms with Crippen molar-refractivity contribution in [3.05, 3.63) is 30.3 Å². The van der Waals surface area contributed by atoms with E-state index in [4.69, 9.17) is 5.73 Å². The lowest BCUT2D eigenvalue weighted by Crippen LogP contribution is -2.56. The SMILES string of the molecule is CC(=O)[C@@H](C(=O)OC(F)(F)F)N(C(=O)[C@@H](N)C(C)C)c1ccccc1. The molecule has 0 radical (unpaired) electrons. The Hall–Kier alpha value is -2.42. The van der Waals surface area contributed by atoms with Crippen LogP contribution in [0.1, 0.15) is 20.8 Å². The number of ketones is 1. The highest BCUT2D eigenvalue weighted by atomic mass is 19.4. The average Bonchev–Trinajstić information content (AvgIpc) is 2.49. The minimum Gasteiger partial charge on any atom is -0.371 e. The molecule has 0 saturated carbocycles. The van der Waals surface area contributed by atoms with Crippen molar-refractivity contribution in [1.82, 2.24) is 0 Å². The van der Waals surface area contributed by atoms with E-state index >= 15 is 0 Å². The van der Waals surface area contributed by atoms with Gasteiger partial charge in [0.25, 0.3) is 0 Å². The topological polar surface area (TPSA) is 89.7 Å². The molecule has 9 heteroatoms. The van der Waals surface area contributed by atoms with Gasteiger partial charge in [-0.2, -0.15) is 0 Å². The van der Waals surface area contributed by atoms with Crippen molar-refractivity contribution in [2.45, 2.75) is 39.2 Å². The van der Waals surface area contributed by atoms with Crippen molar-refractivity contribution in [1.29, 1.82) is 0 Å². The van der Waals surface area contributed by atoms with Crippen molar-refractivity contribution in [3.8, 4) is 0 Å². The lowest BCUT2D eigenvalue weighted by atomic mass is 10.0. The molecule has 0 unspecified atom stereocenters. The summed E-state index contributed by atoms with van der Waals surface area (Å²) in [6.45, 7) is 4.15. The first-order valence-electron chi connectivity index (χ1n) is 7.39. The van der Waals surface area contributed by atoms with Crippen LogP contribution in [0.2, 0.25) is 0 Å². The Morgan fingerprint density at radius 2 is 1.64 bits per heavy atom. The second-order valence-electron chi connectivity index (χ2n) is 5.69. The van der Waals surface area contributed by atoms with Gasteiger partial charge in [0.1, 0.15) is 0 Å². The number of halogens is 3. The lowest BCUT2D eigenvalue weighted by molar-refractivity contribution is -0.305. The maximum atomic E-state index is 12.7. The van der Waals surface area contributed by atoms with Crippen LogP contribution in [0.5, 0.6) is 0 Å². The third-order valence-corrected chi connectivity index (χ3v) is 3.36. The van der Waals surface area contributed by atoms with Crippen LogP contribution in [-0.4, -0.2) is 36.1 Å². The monoisotopic (exact) mass is 360 g/mol. The van der Waals surface area contributed by atoms with E-state index in [1.54, 1.807) is 19.9 Å². The highest BCUT2D eigenvalue weighted by Gasteiger charge is 2.44. The van der Waals surface area contributed by atoms with E-state index in [1.165, 1.54) is 24.3 Å². The number of hydrogen-bond acceptors (Lipinski definition) is 5. The van der Waals surface area contributed by atoms with Crippen LogP contribution in [-0.2, 0) is 19.1 Å². The second kappa shape index (κ2) is 8.11. The second-order valence-corrected chi connectivity index (χ2v) is 5.69. The fraction of sp³-hybridized carbons (Fsp3) is 0.438. The molecule has 2 N–H and O–H groups in total. The van der Waals surface area contributed by atoms with Crippen LogP contribution in [0.3, 0.4) is 0 Å². The van der Waals surface area contributed by atoms with Gasteiger partial charge in [0.2, 0.25) is 5.91 Å². The Balaban J connectivity index is 3.38. The fourth-order valence-corrected chi connectivity index (χ4v) is 2.06. The summed E-state index contributed by atoms with van der Waals surface area (Å²) >= 11 is 0. The Bertz CT molecular complexity index is 632.